The summed E-state index contributed by atoms with van der Waals surface area (Å²) in [4.78, 5) is 6.68. The molecule has 2 aliphatic heterocycles. The van der Waals surface area contributed by atoms with Gasteiger partial charge in [0.25, 0.3) is 0 Å². The third kappa shape index (κ3) is 3.24. The van der Waals surface area contributed by atoms with Crippen LogP contribution in [0.5, 0.6) is 5.75 Å². The highest BCUT2D eigenvalue weighted by atomic mass is 16.5. The van der Waals surface area contributed by atoms with Gasteiger partial charge in [0, 0.05) is 18.7 Å². The molecule has 130 valence electrons. The van der Waals surface area contributed by atoms with Gasteiger partial charge in [0.1, 0.15) is 23.5 Å². The van der Waals surface area contributed by atoms with Crippen molar-refractivity contribution in [2.75, 3.05) is 13.1 Å². The van der Waals surface area contributed by atoms with Gasteiger partial charge in [-0.15, -0.1) is 0 Å². The van der Waals surface area contributed by atoms with Crippen LogP contribution in [0.1, 0.15) is 43.9 Å². The van der Waals surface area contributed by atoms with E-state index in [0.717, 1.165) is 25.9 Å². The molecule has 2 aliphatic rings. The van der Waals surface area contributed by atoms with E-state index in [9.17, 15) is 10.4 Å². The maximum atomic E-state index is 10.8. The molecule has 1 fully saturated rings. The van der Waals surface area contributed by atoms with Crippen molar-refractivity contribution in [3.05, 3.63) is 29.3 Å². The number of fused-ring (bicyclic) bond motifs is 1. The highest BCUT2D eigenvalue weighted by molar-refractivity contribution is 5.82. The van der Waals surface area contributed by atoms with Crippen molar-refractivity contribution in [1.82, 2.24) is 10.2 Å². The fourth-order valence-corrected chi connectivity index (χ4v) is 3.28. The number of hydrogen-bond donors (Lipinski definition) is 2. The number of hydrogen-bond acceptors (Lipinski definition) is 5. The molecule has 2 atom stereocenters. The lowest BCUT2D eigenvalue weighted by Crippen LogP contribution is -2.49. The zero-order valence-corrected chi connectivity index (χ0v) is 14.4. The Bertz CT molecular complexity index is 769. The smallest absolute Gasteiger partial charge is 0.208 e. The van der Waals surface area contributed by atoms with Crippen LogP contribution >= 0.6 is 0 Å². The van der Waals surface area contributed by atoms with Crippen LogP contribution in [0.15, 0.2) is 23.2 Å². The Kier molecular flexibility index (Phi) is 4.52. The zero-order valence-electron chi connectivity index (χ0n) is 14.4. The van der Waals surface area contributed by atoms with E-state index in [1.54, 1.807) is 32.0 Å². The van der Waals surface area contributed by atoms with Crippen LogP contribution in [-0.2, 0) is 0 Å². The van der Waals surface area contributed by atoms with E-state index in [2.05, 4.69) is 16.4 Å². The van der Waals surface area contributed by atoms with Gasteiger partial charge in [0.2, 0.25) is 5.96 Å². The van der Waals surface area contributed by atoms with E-state index < -0.39 is 17.7 Å². The normalized spacial score (nSPS) is 24.7. The minimum absolute atomic E-state index is 0.454. The first-order valence-corrected chi connectivity index (χ1v) is 8.35. The zero-order chi connectivity index (χ0) is 18.0. The van der Waals surface area contributed by atoms with Crippen LogP contribution in [0.4, 0.5) is 0 Å². The number of nitrogens with one attached hydrogen (secondary N) is 1. The number of aliphatic imine (C=N–C) groups is 1. The number of rotatable bonds is 1. The first-order chi connectivity index (χ1) is 12.0. The Balaban J connectivity index is 2.07. The summed E-state index contributed by atoms with van der Waals surface area (Å²) < 4.78 is 5.90. The average molecular weight is 339 g/mol. The molecule has 0 saturated carbocycles. The number of guanidine groups is 1. The van der Waals surface area contributed by atoms with Gasteiger partial charge in [-0.05, 0) is 44.9 Å². The van der Waals surface area contributed by atoms with Crippen LogP contribution in [0, 0.1) is 22.8 Å². The molecule has 25 heavy (non-hydrogen) atoms. The highest BCUT2D eigenvalue weighted by Gasteiger charge is 2.43. The molecule has 0 radical (unpaired) electrons. The molecule has 3 rings (SSSR count). The molecule has 0 unspecified atom stereocenters. The molecular weight excluding hydrogens is 318 g/mol. The van der Waals surface area contributed by atoms with E-state index >= 15 is 0 Å². The van der Waals surface area contributed by atoms with Crippen molar-refractivity contribution < 1.29 is 9.84 Å². The van der Waals surface area contributed by atoms with Gasteiger partial charge in [-0.3, -0.25) is 5.32 Å². The summed E-state index contributed by atoms with van der Waals surface area (Å²) in [5.41, 5.74) is 0.297. The Morgan fingerprint density at radius 3 is 2.72 bits per heavy atom. The highest BCUT2D eigenvalue weighted by Crippen LogP contribution is 2.42. The molecule has 0 spiro atoms. The first kappa shape index (κ1) is 17.1. The van der Waals surface area contributed by atoms with E-state index in [1.165, 1.54) is 0 Å². The second kappa shape index (κ2) is 6.62. The number of benzene rings is 1. The number of ether oxygens (including phenoxy) is 1. The molecule has 2 N–H and O–H groups in total. The Morgan fingerprint density at radius 2 is 2.08 bits per heavy atom. The topological polar surface area (TPSA) is 105 Å². The van der Waals surface area contributed by atoms with Gasteiger partial charge in [0.05, 0.1) is 11.6 Å². The minimum Gasteiger partial charge on any atom is -0.485 e. The van der Waals surface area contributed by atoms with E-state index in [4.69, 9.17) is 10.00 Å². The molecule has 0 bridgehead atoms. The van der Waals surface area contributed by atoms with Gasteiger partial charge >= 0.3 is 0 Å². The Hall–Kier alpha value is -2.77. The van der Waals surface area contributed by atoms with Gasteiger partial charge in [-0.25, -0.2) is 4.99 Å². The maximum Gasteiger partial charge on any atom is 0.208 e. The summed E-state index contributed by atoms with van der Waals surface area (Å²) in [7, 11) is 0. The lowest BCUT2D eigenvalue weighted by atomic mass is 9.86. The Labute approximate surface area is 147 Å². The SMILES string of the molecule is CC1(C)Oc2ccc(C#N)cc2[C@H](N=C(NC#N)N2CCCC2)[C@H]1O. The fraction of sp³-hybridized carbons (Fsp3) is 0.500. The van der Waals surface area contributed by atoms with E-state index in [-0.39, 0.29) is 0 Å². The largest absolute Gasteiger partial charge is 0.485 e. The van der Waals surface area contributed by atoms with Crippen LogP contribution in [-0.4, -0.2) is 40.8 Å². The number of aliphatic hydroxyl groups is 1. The second-order valence-electron chi connectivity index (χ2n) is 6.84. The third-order valence-corrected chi connectivity index (χ3v) is 4.68. The quantitative estimate of drug-likeness (QED) is 0.349. The Morgan fingerprint density at radius 1 is 1.36 bits per heavy atom. The van der Waals surface area contributed by atoms with Crippen molar-refractivity contribution in [2.24, 2.45) is 4.99 Å². The molecule has 1 aromatic carbocycles. The van der Waals surface area contributed by atoms with E-state index in [1.807, 2.05) is 11.1 Å². The van der Waals surface area contributed by atoms with Crippen molar-refractivity contribution in [3.63, 3.8) is 0 Å². The van der Waals surface area contributed by atoms with Crippen LogP contribution in [0.25, 0.3) is 0 Å². The molecule has 7 nitrogen and oxygen atoms in total. The van der Waals surface area contributed by atoms with Gasteiger partial charge in [-0.1, -0.05) is 0 Å². The summed E-state index contributed by atoms with van der Waals surface area (Å²) in [6.07, 6.45) is 3.11. The number of aliphatic hydroxyl groups excluding tert-OH is 1. The van der Waals surface area contributed by atoms with Crippen LogP contribution in [0.2, 0.25) is 0 Å². The molecule has 0 aliphatic carbocycles. The molecule has 0 amide bonds. The molecule has 7 heteroatoms. The monoisotopic (exact) mass is 339 g/mol. The lowest BCUT2D eigenvalue weighted by Gasteiger charge is -2.41. The third-order valence-electron chi connectivity index (χ3n) is 4.68. The summed E-state index contributed by atoms with van der Waals surface area (Å²) in [6.45, 7) is 5.24. The first-order valence-electron chi connectivity index (χ1n) is 8.35. The van der Waals surface area contributed by atoms with Crippen molar-refractivity contribution >= 4 is 5.96 Å². The average Bonchev–Trinajstić information content (AvgIpc) is 3.12. The number of nitrogens with zero attached hydrogens (tertiary/aromatic N) is 4. The summed E-state index contributed by atoms with van der Waals surface area (Å²) in [6, 6.07) is 6.59. The minimum atomic E-state index is -0.910. The fourth-order valence-electron chi connectivity index (χ4n) is 3.28. The van der Waals surface area contributed by atoms with E-state index in [0.29, 0.717) is 22.8 Å². The maximum absolute atomic E-state index is 10.8. The lowest BCUT2D eigenvalue weighted by molar-refractivity contribution is -0.0568. The molecule has 0 aromatic heterocycles. The van der Waals surface area contributed by atoms with Gasteiger partial charge in [-0.2, -0.15) is 10.5 Å². The van der Waals surface area contributed by atoms with Gasteiger partial charge in [0.15, 0.2) is 6.19 Å². The standard InChI is InChI=1S/C18H21N5O2/c1-18(2)16(24)15(13-9-12(10-19)5-6-14(13)25-18)22-17(21-11-20)23-7-3-4-8-23/h5-6,9,15-16,24H,3-4,7-8H2,1-2H3,(H,21,22)/t15-,16+/m0/s1. The molecular formula is C18H21N5O2. The summed E-state index contributed by atoms with van der Waals surface area (Å²) in [5.74, 6) is 1.05. The number of likely N-dealkylation sites (tertiary alicyclic amines) is 1. The predicted molar refractivity (Wildman–Crippen MR) is 91.6 cm³/mol. The second-order valence-corrected chi connectivity index (χ2v) is 6.84. The van der Waals surface area contributed by atoms with Crippen LogP contribution in [0.3, 0.4) is 0 Å². The molecule has 1 saturated heterocycles. The predicted octanol–water partition coefficient (Wildman–Crippen LogP) is 1.65. The molecule has 2 heterocycles. The van der Waals surface area contributed by atoms with Crippen molar-refractivity contribution in [2.45, 2.75) is 44.4 Å². The van der Waals surface area contributed by atoms with Crippen molar-refractivity contribution in [1.29, 1.82) is 10.5 Å². The summed E-state index contributed by atoms with van der Waals surface area (Å²) in [5, 5.41) is 31.7. The number of nitriles is 2. The summed E-state index contributed by atoms with van der Waals surface area (Å²) >= 11 is 0. The van der Waals surface area contributed by atoms with Crippen LogP contribution < -0.4 is 10.1 Å². The van der Waals surface area contributed by atoms with Gasteiger partial charge < -0.3 is 14.7 Å². The molecule has 1 aromatic rings. The van der Waals surface area contributed by atoms with Crippen molar-refractivity contribution in [3.8, 4) is 18.0 Å².